The molecule has 1 aliphatic heterocycles. The number of nitrogens with zero attached hydrogens (tertiary/aromatic N) is 2. The first-order valence-corrected chi connectivity index (χ1v) is 5.53. The van der Waals surface area contributed by atoms with E-state index in [9.17, 15) is 5.11 Å². The molecular formula is C10H16ClN3O2. The van der Waals surface area contributed by atoms with Crippen molar-refractivity contribution in [2.75, 3.05) is 19.7 Å². The van der Waals surface area contributed by atoms with E-state index < -0.39 is 0 Å². The third-order valence-electron chi connectivity index (χ3n) is 3.29. The normalized spacial score (nSPS) is 29.1. The fraction of sp³-hybridized carbons (Fsp3) is 0.800. The molecule has 1 aromatic rings. The molecular weight excluding hydrogens is 230 g/mol. The Labute approximate surface area is 100 Å². The summed E-state index contributed by atoms with van der Waals surface area (Å²) in [6.07, 6.45) is 2.37. The van der Waals surface area contributed by atoms with Crippen molar-refractivity contribution in [2.45, 2.75) is 24.7 Å². The Morgan fingerprint density at radius 1 is 1.38 bits per heavy atom. The zero-order chi connectivity index (χ0) is 10.3. The van der Waals surface area contributed by atoms with Crippen LogP contribution in [0, 0.1) is 5.92 Å². The molecule has 0 radical (unpaired) electrons. The molecule has 0 spiro atoms. The summed E-state index contributed by atoms with van der Waals surface area (Å²) in [4.78, 5) is 4.42. The summed E-state index contributed by atoms with van der Waals surface area (Å²) >= 11 is 0. The minimum absolute atomic E-state index is 0. The molecule has 2 N–H and O–H groups in total. The molecule has 16 heavy (non-hydrogen) atoms. The molecule has 0 bridgehead atoms. The van der Waals surface area contributed by atoms with Gasteiger partial charge in [0.15, 0.2) is 5.82 Å². The van der Waals surface area contributed by atoms with Crippen molar-refractivity contribution in [1.29, 1.82) is 0 Å². The molecule has 1 aromatic heterocycles. The number of aliphatic hydroxyl groups is 1. The minimum atomic E-state index is 0. The number of rotatable bonds is 3. The van der Waals surface area contributed by atoms with Gasteiger partial charge in [0.05, 0.1) is 5.92 Å². The van der Waals surface area contributed by atoms with Crippen molar-refractivity contribution in [2.24, 2.45) is 5.92 Å². The van der Waals surface area contributed by atoms with Gasteiger partial charge in [-0.05, 0) is 12.8 Å². The van der Waals surface area contributed by atoms with Crippen molar-refractivity contribution < 1.29 is 9.63 Å². The maximum absolute atomic E-state index is 9.20. The first kappa shape index (κ1) is 11.8. The van der Waals surface area contributed by atoms with Crippen LogP contribution in [-0.2, 0) is 0 Å². The average Bonchev–Trinajstić information content (AvgIpc) is 2.83. The molecule has 2 aliphatic rings. The third-order valence-corrected chi connectivity index (χ3v) is 3.29. The first-order valence-electron chi connectivity index (χ1n) is 5.53. The van der Waals surface area contributed by atoms with Crippen molar-refractivity contribution >= 4 is 12.4 Å². The highest BCUT2D eigenvalue weighted by Crippen LogP contribution is 2.39. The molecule has 5 nitrogen and oxygen atoms in total. The van der Waals surface area contributed by atoms with Crippen LogP contribution < -0.4 is 5.32 Å². The third kappa shape index (κ3) is 2.07. The predicted octanol–water partition coefficient (Wildman–Crippen LogP) is 0.664. The predicted molar refractivity (Wildman–Crippen MR) is 59.7 cm³/mol. The lowest BCUT2D eigenvalue weighted by atomic mass is 9.97. The summed E-state index contributed by atoms with van der Waals surface area (Å²) in [5.74, 6) is 2.49. The maximum atomic E-state index is 9.20. The van der Waals surface area contributed by atoms with Gasteiger partial charge >= 0.3 is 0 Å². The largest absolute Gasteiger partial charge is 0.396 e. The molecule has 3 rings (SSSR count). The Morgan fingerprint density at radius 3 is 2.88 bits per heavy atom. The smallest absolute Gasteiger partial charge is 0.231 e. The fourth-order valence-corrected chi connectivity index (χ4v) is 2.12. The highest BCUT2D eigenvalue weighted by atomic mass is 35.5. The molecule has 1 saturated carbocycles. The SMILES string of the molecule is Cl.OC[C@H]1CNC[C@@H]1c1nc(C2CC2)no1. The van der Waals surface area contributed by atoms with E-state index in [1.54, 1.807) is 0 Å². The van der Waals surface area contributed by atoms with E-state index in [-0.39, 0.29) is 30.8 Å². The van der Waals surface area contributed by atoms with E-state index >= 15 is 0 Å². The summed E-state index contributed by atoms with van der Waals surface area (Å²) in [5.41, 5.74) is 0. The Hall–Kier alpha value is -0.650. The Balaban J connectivity index is 0.000000963. The van der Waals surface area contributed by atoms with Crippen LogP contribution >= 0.6 is 12.4 Å². The second-order valence-corrected chi connectivity index (χ2v) is 4.47. The van der Waals surface area contributed by atoms with Gasteiger partial charge in [0.25, 0.3) is 0 Å². The summed E-state index contributed by atoms with van der Waals surface area (Å²) in [6, 6.07) is 0. The molecule has 2 fully saturated rings. The zero-order valence-electron chi connectivity index (χ0n) is 8.93. The van der Waals surface area contributed by atoms with E-state index in [1.807, 2.05) is 0 Å². The molecule has 0 unspecified atom stereocenters. The summed E-state index contributed by atoms with van der Waals surface area (Å²) in [7, 11) is 0. The molecule has 90 valence electrons. The topological polar surface area (TPSA) is 71.2 Å². The number of aliphatic hydroxyl groups excluding tert-OH is 1. The summed E-state index contributed by atoms with van der Waals surface area (Å²) in [5, 5.41) is 16.4. The standard InChI is InChI=1S/C10H15N3O2.ClH/c14-5-7-3-11-4-8(7)10-12-9(13-15-10)6-1-2-6;/h6-8,11,14H,1-5H2;1H/t7-,8+;/m1./s1. The van der Waals surface area contributed by atoms with E-state index in [2.05, 4.69) is 15.5 Å². The molecule has 0 aromatic carbocycles. The lowest BCUT2D eigenvalue weighted by Crippen LogP contribution is -2.15. The van der Waals surface area contributed by atoms with E-state index in [0.717, 1.165) is 18.9 Å². The van der Waals surface area contributed by atoms with Crippen LogP contribution in [0.2, 0.25) is 0 Å². The molecule has 0 amide bonds. The molecule has 1 saturated heterocycles. The van der Waals surface area contributed by atoms with E-state index in [1.165, 1.54) is 12.8 Å². The van der Waals surface area contributed by atoms with Crippen LogP contribution in [0.1, 0.15) is 36.4 Å². The van der Waals surface area contributed by atoms with Crippen molar-refractivity contribution in [1.82, 2.24) is 15.5 Å². The number of hydrogen-bond acceptors (Lipinski definition) is 5. The Morgan fingerprint density at radius 2 is 2.19 bits per heavy atom. The lowest BCUT2D eigenvalue weighted by molar-refractivity contribution is 0.211. The van der Waals surface area contributed by atoms with Crippen LogP contribution in [-0.4, -0.2) is 34.9 Å². The lowest BCUT2D eigenvalue weighted by Gasteiger charge is -2.10. The van der Waals surface area contributed by atoms with Gasteiger partial charge in [0, 0.05) is 31.5 Å². The molecule has 6 heteroatoms. The maximum Gasteiger partial charge on any atom is 0.231 e. The van der Waals surface area contributed by atoms with Gasteiger partial charge in [-0.15, -0.1) is 12.4 Å². The number of nitrogens with one attached hydrogen (secondary N) is 1. The van der Waals surface area contributed by atoms with Gasteiger partial charge in [-0.1, -0.05) is 5.16 Å². The van der Waals surface area contributed by atoms with Crippen molar-refractivity contribution in [3.8, 4) is 0 Å². The average molecular weight is 246 g/mol. The second-order valence-electron chi connectivity index (χ2n) is 4.47. The van der Waals surface area contributed by atoms with Gasteiger partial charge in [-0.25, -0.2) is 0 Å². The van der Waals surface area contributed by atoms with E-state index in [4.69, 9.17) is 4.52 Å². The zero-order valence-corrected chi connectivity index (χ0v) is 9.74. The monoisotopic (exact) mass is 245 g/mol. The first-order chi connectivity index (χ1) is 7.38. The number of aromatic nitrogens is 2. The van der Waals surface area contributed by atoms with Gasteiger partial charge in [0.2, 0.25) is 5.89 Å². The minimum Gasteiger partial charge on any atom is -0.396 e. The number of halogens is 1. The summed E-state index contributed by atoms with van der Waals surface area (Å²) in [6.45, 7) is 1.85. The highest BCUT2D eigenvalue weighted by molar-refractivity contribution is 5.85. The summed E-state index contributed by atoms with van der Waals surface area (Å²) < 4.78 is 5.27. The quantitative estimate of drug-likeness (QED) is 0.819. The van der Waals surface area contributed by atoms with Crippen LogP contribution in [0.25, 0.3) is 0 Å². The molecule has 2 heterocycles. The van der Waals surface area contributed by atoms with Crippen molar-refractivity contribution in [3.05, 3.63) is 11.7 Å². The van der Waals surface area contributed by atoms with Crippen LogP contribution in [0.4, 0.5) is 0 Å². The van der Waals surface area contributed by atoms with Gasteiger partial charge in [0.1, 0.15) is 0 Å². The van der Waals surface area contributed by atoms with Crippen LogP contribution in [0.3, 0.4) is 0 Å². The Kier molecular flexibility index (Phi) is 3.47. The van der Waals surface area contributed by atoms with Gasteiger partial charge in [-0.2, -0.15) is 4.98 Å². The van der Waals surface area contributed by atoms with Crippen LogP contribution in [0.5, 0.6) is 0 Å². The van der Waals surface area contributed by atoms with Gasteiger partial charge in [-0.3, -0.25) is 0 Å². The van der Waals surface area contributed by atoms with Crippen molar-refractivity contribution in [3.63, 3.8) is 0 Å². The molecule has 2 atom stereocenters. The van der Waals surface area contributed by atoms with Gasteiger partial charge < -0.3 is 14.9 Å². The van der Waals surface area contributed by atoms with E-state index in [0.29, 0.717) is 11.8 Å². The fourth-order valence-electron chi connectivity index (χ4n) is 2.12. The highest BCUT2D eigenvalue weighted by Gasteiger charge is 2.34. The Bertz CT molecular complexity index is 354. The molecule has 1 aliphatic carbocycles. The second kappa shape index (κ2) is 4.69. The van der Waals surface area contributed by atoms with Crippen LogP contribution in [0.15, 0.2) is 4.52 Å². The number of hydrogen-bond donors (Lipinski definition) is 2.